The summed E-state index contributed by atoms with van der Waals surface area (Å²) in [5, 5.41) is 5.55. The van der Waals surface area contributed by atoms with Crippen molar-refractivity contribution in [2.75, 3.05) is 13.6 Å². The van der Waals surface area contributed by atoms with E-state index in [1.807, 2.05) is 0 Å². The molecule has 1 unspecified atom stereocenters. The maximum atomic E-state index is 10.6. The van der Waals surface area contributed by atoms with Crippen molar-refractivity contribution in [3.8, 4) is 0 Å². The third-order valence-electron chi connectivity index (χ3n) is 1.39. The van der Waals surface area contributed by atoms with Gasteiger partial charge in [0, 0.05) is 7.05 Å². The lowest BCUT2D eigenvalue weighted by molar-refractivity contribution is -0.124. The van der Waals surface area contributed by atoms with Crippen molar-refractivity contribution in [1.82, 2.24) is 10.6 Å². The molecule has 0 aliphatic carbocycles. The summed E-state index contributed by atoms with van der Waals surface area (Å²) in [7, 11) is 1.66. The summed E-state index contributed by atoms with van der Waals surface area (Å²) in [6.45, 7) is 0.984. The molecule has 0 aromatic heterocycles. The Kier molecular flexibility index (Phi) is 1.48. The van der Waals surface area contributed by atoms with E-state index in [4.69, 9.17) is 0 Å². The van der Waals surface area contributed by atoms with E-state index in [9.17, 15) is 4.79 Å². The summed E-state index contributed by atoms with van der Waals surface area (Å²) in [6.07, 6.45) is 0.986. The molecule has 0 saturated carbocycles. The van der Waals surface area contributed by atoms with Gasteiger partial charge >= 0.3 is 0 Å². The minimum atomic E-state index is 0.0972. The largest absolute Gasteiger partial charge is 0.358 e. The number of rotatable bonds is 1. The van der Waals surface area contributed by atoms with Crippen molar-refractivity contribution in [2.45, 2.75) is 12.5 Å². The van der Waals surface area contributed by atoms with Crippen molar-refractivity contribution < 1.29 is 4.79 Å². The first-order valence-corrected chi connectivity index (χ1v) is 2.79. The Morgan fingerprint density at radius 2 is 2.50 bits per heavy atom. The fourth-order valence-electron chi connectivity index (χ4n) is 0.687. The average molecular weight is 114 g/mol. The highest BCUT2D eigenvalue weighted by molar-refractivity contribution is 5.82. The molecule has 1 aliphatic heterocycles. The summed E-state index contributed by atoms with van der Waals surface area (Å²) in [4.78, 5) is 10.6. The number of nitrogens with one attached hydrogen (secondary N) is 2. The standard InChI is InChI=1S/C5H10N2O/c1-6-5(8)4-2-3-7-4/h4,7H,2-3H2,1H3,(H,6,8). The van der Waals surface area contributed by atoms with Gasteiger partial charge in [-0.25, -0.2) is 0 Å². The van der Waals surface area contributed by atoms with Crippen molar-refractivity contribution >= 4 is 5.91 Å². The van der Waals surface area contributed by atoms with Crippen LogP contribution in [0.2, 0.25) is 0 Å². The number of hydrogen-bond donors (Lipinski definition) is 2. The van der Waals surface area contributed by atoms with Gasteiger partial charge in [-0.15, -0.1) is 0 Å². The van der Waals surface area contributed by atoms with Crippen LogP contribution in [0.3, 0.4) is 0 Å². The Morgan fingerprint density at radius 3 is 2.62 bits per heavy atom. The van der Waals surface area contributed by atoms with Gasteiger partial charge in [0.05, 0.1) is 6.04 Å². The Morgan fingerprint density at radius 1 is 1.88 bits per heavy atom. The molecule has 1 amide bonds. The van der Waals surface area contributed by atoms with Crippen molar-refractivity contribution in [3.05, 3.63) is 0 Å². The monoisotopic (exact) mass is 114 g/mol. The fraction of sp³-hybridized carbons (Fsp3) is 0.800. The second-order valence-electron chi connectivity index (χ2n) is 1.91. The summed E-state index contributed by atoms with van der Waals surface area (Å²) in [6, 6.07) is 0.0972. The molecule has 3 heteroatoms. The van der Waals surface area contributed by atoms with Crippen LogP contribution in [0.15, 0.2) is 0 Å². The number of carbonyl (C=O) groups is 1. The van der Waals surface area contributed by atoms with Crippen LogP contribution in [-0.2, 0) is 4.79 Å². The molecule has 46 valence electrons. The quantitative estimate of drug-likeness (QED) is 0.463. The van der Waals surface area contributed by atoms with Crippen molar-refractivity contribution in [2.24, 2.45) is 0 Å². The Balaban J connectivity index is 2.24. The summed E-state index contributed by atoms with van der Waals surface area (Å²) < 4.78 is 0. The van der Waals surface area contributed by atoms with Gasteiger partial charge in [0.1, 0.15) is 0 Å². The SMILES string of the molecule is CNC(=O)C1CCN1. The summed E-state index contributed by atoms with van der Waals surface area (Å²) >= 11 is 0. The first-order chi connectivity index (χ1) is 3.84. The van der Waals surface area contributed by atoms with E-state index in [0.29, 0.717) is 0 Å². The molecule has 3 nitrogen and oxygen atoms in total. The molecule has 1 rings (SSSR count). The molecule has 1 fully saturated rings. The van der Waals surface area contributed by atoms with E-state index in [2.05, 4.69) is 10.6 Å². The van der Waals surface area contributed by atoms with Crippen molar-refractivity contribution in [1.29, 1.82) is 0 Å². The van der Waals surface area contributed by atoms with Crippen LogP contribution in [0.25, 0.3) is 0 Å². The highest BCUT2D eigenvalue weighted by atomic mass is 16.2. The van der Waals surface area contributed by atoms with Crippen LogP contribution in [0.1, 0.15) is 6.42 Å². The lowest BCUT2D eigenvalue weighted by Gasteiger charge is -2.25. The summed E-state index contributed by atoms with van der Waals surface area (Å²) in [5.41, 5.74) is 0. The topological polar surface area (TPSA) is 41.1 Å². The van der Waals surface area contributed by atoms with Crippen LogP contribution < -0.4 is 10.6 Å². The van der Waals surface area contributed by atoms with Crippen molar-refractivity contribution in [3.63, 3.8) is 0 Å². The normalized spacial score (nSPS) is 26.4. The van der Waals surface area contributed by atoms with E-state index in [1.54, 1.807) is 7.05 Å². The molecule has 0 bridgehead atoms. The second-order valence-corrected chi connectivity index (χ2v) is 1.91. The van der Waals surface area contributed by atoms with E-state index < -0.39 is 0 Å². The number of amides is 1. The van der Waals surface area contributed by atoms with E-state index in [1.165, 1.54) is 0 Å². The third-order valence-corrected chi connectivity index (χ3v) is 1.39. The summed E-state index contributed by atoms with van der Waals surface area (Å²) in [5.74, 6) is 0.108. The zero-order chi connectivity index (χ0) is 5.98. The minimum Gasteiger partial charge on any atom is -0.358 e. The molecule has 1 saturated heterocycles. The number of likely N-dealkylation sites (N-methyl/N-ethyl adjacent to an activating group) is 1. The molecular weight excluding hydrogens is 104 g/mol. The van der Waals surface area contributed by atoms with Crippen LogP contribution in [0.5, 0.6) is 0 Å². The van der Waals surface area contributed by atoms with Gasteiger partial charge < -0.3 is 10.6 Å². The van der Waals surface area contributed by atoms with Crippen LogP contribution in [0.4, 0.5) is 0 Å². The highest BCUT2D eigenvalue weighted by Gasteiger charge is 2.22. The molecular formula is C5H10N2O. The van der Waals surface area contributed by atoms with Gasteiger partial charge in [0.2, 0.25) is 5.91 Å². The first kappa shape index (κ1) is 5.56. The lowest BCUT2D eigenvalue weighted by Crippen LogP contribution is -2.52. The Hall–Kier alpha value is -0.570. The molecule has 8 heavy (non-hydrogen) atoms. The van der Waals surface area contributed by atoms with E-state index in [0.717, 1.165) is 13.0 Å². The molecule has 0 aromatic carbocycles. The van der Waals surface area contributed by atoms with E-state index >= 15 is 0 Å². The molecule has 0 aromatic rings. The highest BCUT2D eigenvalue weighted by Crippen LogP contribution is 1.99. The molecule has 1 heterocycles. The first-order valence-electron chi connectivity index (χ1n) is 2.79. The van der Waals surface area contributed by atoms with E-state index in [-0.39, 0.29) is 11.9 Å². The number of hydrogen-bond acceptors (Lipinski definition) is 2. The Bertz CT molecular complexity index is 98.6. The fourth-order valence-corrected chi connectivity index (χ4v) is 0.687. The maximum Gasteiger partial charge on any atom is 0.236 e. The third kappa shape index (κ3) is 0.816. The van der Waals surface area contributed by atoms with Gasteiger partial charge in [-0.2, -0.15) is 0 Å². The maximum absolute atomic E-state index is 10.6. The molecule has 1 aliphatic rings. The zero-order valence-corrected chi connectivity index (χ0v) is 4.90. The molecule has 0 radical (unpaired) electrons. The van der Waals surface area contributed by atoms with Gasteiger partial charge in [-0.05, 0) is 13.0 Å². The molecule has 2 N–H and O–H groups in total. The smallest absolute Gasteiger partial charge is 0.236 e. The Labute approximate surface area is 48.5 Å². The van der Waals surface area contributed by atoms with Crippen LogP contribution in [0, 0.1) is 0 Å². The lowest BCUT2D eigenvalue weighted by atomic mass is 10.1. The van der Waals surface area contributed by atoms with Gasteiger partial charge in [0.25, 0.3) is 0 Å². The predicted molar refractivity (Wildman–Crippen MR) is 30.5 cm³/mol. The second kappa shape index (κ2) is 2.13. The molecule has 0 spiro atoms. The number of carbonyl (C=O) groups excluding carboxylic acids is 1. The van der Waals surface area contributed by atoms with Gasteiger partial charge in [-0.1, -0.05) is 0 Å². The van der Waals surface area contributed by atoms with Gasteiger partial charge in [0.15, 0.2) is 0 Å². The predicted octanol–water partition coefficient (Wildman–Crippen LogP) is -0.906. The minimum absolute atomic E-state index is 0.0972. The van der Waals surface area contributed by atoms with Gasteiger partial charge in [-0.3, -0.25) is 4.79 Å². The van der Waals surface area contributed by atoms with Crippen LogP contribution >= 0.6 is 0 Å². The molecule has 1 atom stereocenters. The average Bonchev–Trinajstić information content (AvgIpc) is 1.62. The zero-order valence-electron chi connectivity index (χ0n) is 4.90. The van der Waals surface area contributed by atoms with Crippen LogP contribution in [-0.4, -0.2) is 25.5 Å².